The lowest BCUT2D eigenvalue weighted by Gasteiger charge is -2.06. The second kappa shape index (κ2) is 4.08. The van der Waals surface area contributed by atoms with Crippen LogP contribution in [0, 0.1) is 31.1 Å². The standard InChI is InChI=1S/C13H19N3O3/c1-6-10(7(2)16(5)15-6)14-11(17)8-9(12(18)19)13(8,3)4/h8-9H,1-5H3,(H,14,17)(H,18,19)/t8-,9-/m0/s1. The van der Waals surface area contributed by atoms with Gasteiger partial charge in [0.1, 0.15) is 0 Å². The van der Waals surface area contributed by atoms with Crippen molar-refractivity contribution in [3.8, 4) is 0 Å². The van der Waals surface area contributed by atoms with Crippen LogP contribution in [0.4, 0.5) is 5.69 Å². The normalized spacial score (nSPS) is 24.1. The first kappa shape index (κ1) is 13.6. The van der Waals surface area contributed by atoms with Gasteiger partial charge in [-0.1, -0.05) is 13.8 Å². The summed E-state index contributed by atoms with van der Waals surface area (Å²) in [5.41, 5.74) is 1.79. The molecule has 1 heterocycles. The molecule has 0 aromatic carbocycles. The van der Waals surface area contributed by atoms with Crippen molar-refractivity contribution in [1.82, 2.24) is 9.78 Å². The van der Waals surface area contributed by atoms with Crippen molar-refractivity contribution >= 4 is 17.6 Å². The Labute approximate surface area is 111 Å². The van der Waals surface area contributed by atoms with Gasteiger partial charge >= 0.3 is 5.97 Å². The molecular formula is C13H19N3O3. The number of hydrogen-bond donors (Lipinski definition) is 2. The average Bonchev–Trinajstić information content (AvgIpc) is 2.79. The summed E-state index contributed by atoms with van der Waals surface area (Å²) in [7, 11) is 1.80. The molecule has 1 aromatic heterocycles. The van der Waals surface area contributed by atoms with Crippen LogP contribution in [0.3, 0.4) is 0 Å². The smallest absolute Gasteiger partial charge is 0.307 e. The molecule has 2 rings (SSSR count). The zero-order chi connectivity index (χ0) is 14.5. The molecule has 1 aliphatic carbocycles. The summed E-state index contributed by atoms with van der Waals surface area (Å²) in [6.45, 7) is 7.29. The Morgan fingerprint density at radius 3 is 2.26 bits per heavy atom. The molecule has 104 valence electrons. The van der Waals surface area contributed by atoms with Gasteiger partial charge in [-0.25, -0.2) is 0 Å². The molecule has 1 aromatic rings. The second-order valence-electron chi connectivity index (χ2n) is 5.77. The molecule has 0 saturated heterocycles. The molecule has 6 heteroatoms. The number of anilines is 1. The summed E-state index contributed by atoms with van der Waals surface area (Å²) in [5, 5.41) is 16.1. The third-order valence-corrected chi connectivity index (χ3v) is 4.13. The highest BCUT2D eigenvalue weighted by atomic mass is 16.4. The Morgan fingerprint density at radius 2 is 1.89 bits per heavy atom. The molecule has 0 spiro atoms. The van der Waals surface area contributed by atoms with E-state index in [4.69, 9.17) is 5.11 Å². The minimum absolute atomic E-state index is 0.239. The number of hydrogen-bond acceptors (Lipinski definition) is 3. The Bertz CT molecular complexity index is 560. The van der Waals surface area contributed by atoms with Crippen molar-refractivity contribution in [2.75, 3.05) is 5.32 Å². The van der Waals surface area contributed by atoms with Gasteiger partial charge in [-0.2, -0.15) is 5.10 Å². The first-order chi connectivity index (χ1) is 8.67. The predicted molar refractivity (Wildman–Crippen MR) is 69.7 cm³/mol. The van der Waals surface area contributed by atoms with E-state index in [2.05, 4.69) is 10.4 Å². The molecule has 0 aliphatic heterocycles. The molecule has 0 unspecified atom stereocenters. The van der Waals surface area contributed by atoms with E-state index in [9.17, 15) is 9.59 Å². The number of carboxylic acid groups (broad SMARTS) is 1. The number of carbonyl (C=O) groups is 2. The van der Waals surface area contributed by atoms with Gasteiger partial charge in [-0.05, 0) is 19.3 Å². The summed E-state index contributed by atoms with van der Waals surface area (Å²) >= 11 is 0. The fourth-order valence-electron chi connectivity index (χ4n) is 2.74. The summed E-state index contributed by atoms with van der Waals surface area (Å²) in [6, 6.07) is 0. The van der Waals surface area contributed by atoms with Gasteiger partial charge in [-0.3, -0.25) is 14.3 Å². The Morgan fingerprint density at radius 1 is 1.32 bits per heavy atom. The molecule has 1 amide bonds. The third kappa shape index (κ3) is 2.01. The first-order valence-electron chi connectivity index (χ1n) is 6.21. The van der Waals surface area contributed by atoms with E-state index in [1.165, 1.54) is 0 Å². The average molecular weight is 265 g/mol. The number of carbonyl (C=O) groups excluding carboxylic acids is 1. The minimum atomic E-state index is -0.912. The molecule has 0 radical (unpaired) electrons. The SMILES string of the molecule is Cc1nn(C)c(C)c1NC(=O)[C@@H]1[C@@H](C(=O)O)C1(C)C. The van der Waals surface area contributed by atoms with Crippen LogP contribution >= 0.6 is 0 Å². The van der Waals surface area contributed by atoms with Crippen molar-refractivity contribution in [1.29, 1.82) is 0 Å². The third-order valence-electron chi connectivity index (χ3n) is 4.13. The number of aryl methyl sites for hydroxylation is 2. The molecule has 6 nitrogen and oxygen atoms in total. The fourth-order valence-corrected chi connectivity index (χ4v) is 2.74. The highest BCUT2D eigenvalue weighted by Crippen LogP contribution is 2.58. The Kier molecular flexibility index (Phi) is 2.91. The molecule has 2 atom stereocenters. The molecular weight excluding hydrogens is 246 g/mol. The summed E-state index contributed by atoms with van der Waals surface area (Å²) in [6.07, 6.45) is 0. The van der Waals surface area contributed by atoms with Crippen LogP contribution in [0.25, 0.3) is 0 Å². The first-order valence-corrected chi connectivity index (χ1v) is 6.21. The van der Waals surface area contributed by atoms with Crippen molar-refractivity contribution in [3.05, 3.63) is 11.4 Å². The number of nitrogens with one attached hydrogen (secondary N) is 1. The maximum absolute atomic E-state index is 12.2. The summed E-state index contributed by atoms with van der Waals surface area (Å²) in [4.78, 5) is 23.3. The van der Waals surface area contributed by atoms with E-state index >= 15 is 0 Å². The monoisotopic (exact) mass is 265 g/mol. The number of amides is 1. The largest absolute Gasteiger partial charge is 0.481 e. The molecule has 0 bridgehead atoms. The van der Waals surface area contributed by atoms with Crippen LogP contribution in [-0.2, 0) is 16.6 Å². The van der Waals surface area contributed by atoms with Crippen LogP contribution in [0.1, 0.15) is 25.2 Å². The van der Waals surface area contributed by atoms with Gasteiger partial charge in [0.05, 0.1) is 28.9 Å². The second-order valence-corrected chi connectivity index (χ2v) is 5.77. The van der Waals surface area contributed by atoms with E-state index in [0.717, 1.165) is 11.4 Å². The van der Waals surface area contributed by atoms with Crippen LogP contribution in [0.15, 0.2) is 0 Å². The van der Waals surface area contributed by atoms with Crippen molar-refractivity contribution in [3.63, 3.8) is 0 Å². The molecule has 1 saturated carbocycles. The minimum Gasteiger partial charge on any atom is -0.481 e. The highest BCUT2D eigenvalue weighted by Gasteiger charge is 2.65. The fraction of sp³-hybridized carbons (Fsp3) is 0.615. The van der Waals surface area contributed by atoms with E-state index in [1.807, 2.05) is 13.8 Å². The van der Waals surface area contributed by atoms with Gasteiger partial charge in [0, 0.05) is 7.05 Å². The quantitative estimate of drug-likeness (QED) is 0.863. The van der Waals surface area contributed by atoms with E-state index in [-0.39, 0.29) is 5.91 Å². The van der Waals surface area contributed by atoms with Crippen LogP contribution in [0.5, 0.6) is 0 Å². The number of rotatable bonds is 3. The molecule has 19 heavy (non-hydrogen) atoms. The van der Waals surface area contributed by atoms with Gasteiger partial charge in [0.2, 0.25) is 5.91 Å². The topological polar surface area (TPSA) is 84.2 Å². The lowest BCUT2D eigenvalue weighted by Crippen LogP contribution is -2.18. The van der Waals surface area contributed by atoms with Gasteiger partial charge in [0.15, 0.2) is 0 Å². The number of carboxylic acids is 1. The number of aliphatic carboxylic acids is 1. The summed E-state index contributed by atoms with van der Waals surface area (Å²) < 4.78 is 1.69. The van der Waals surface area contributed by atoms with Crippen LogP contribution in [-0.4, -0.2) is 26.8 Å². The molecule has 2 N–H and O–H groups in total. The van der Waals surface area contributed by atoms with E-state index in [1.54, 1.807) is 25.6 Å². The zero-order valence-corrected chi connectivity index (χ0v) is 11.8. The van der Waals surface area contributed by atoms with Crippen molar-refractivity contribution in [2.24, 2.45) is 24.3 Å². The molecule has 1 fully saturated rings. The predicted octanol–water partition coefficient (Wildman–Crippen LogP) is 1.33. The van der Waals surface area contributed by atoms with E-state index < -0.39 is 23.2 Å². The summed E-state index contributed by atoms with van der Waals surface area (Å²) in [5.74, 6) is -2.24. The van der Waals surface area contributed by atoms with Gasteiger partial charge in [-0.15, -0.1) is 0 Å². The highest BCUT2D eigenvalue weighted by molar-refractivity contribution is 6.00. The Balaban J connectivity index is 2.17. The lowest BCUT2D eigenvalue weighted by atomic mass is 10.1. The lowest BCUT2D eigenvalue weighted by molar-refractivity contribution is -0.140. The van der Waals surface area contributed by atoms with Crippen LogP contribution < -0.4 is 5.32 Å². The van der Waals surface area contributed by atoms with E-state index in [0.29, 0.717) is 5.69 Å². The van der Waals surface area contributed by atoms with Gasteiger partial charge in [0.25, 0.3) is 0 Å². The van der Waals surface area contributed by atoms with Crippen LogP contribution in [0.2, 0.25) is 0 Å². The van der Waals surface area contributed by atoms with Crippen molar-refractivity contribution in [2.45, 2.75) is 27.7 Å². The van der Waals surface area contributed by atoms with Gasteiger partial charge < -0.3 is 10.4 Å². The maximum atomic E-state index is 12.2. The molecule has 1 aliphatic rings. The Hall–Kier alpha value is -1.85. The number of nitrogens with zero attached hydrogens (tertiary/aromatic N) is 2. The number of aromatic nitrogens is 2. The maximum Gasteiger partial charge on any atom is 0.307 e. The zero-order valence-electron chi connectivity index (χ0n) is 11.8. The van der Waals surface area contributed by atoms with Crippen molar-refractivity contribution < 1.29 is 14.7 Å².